The average Bonchev–Trinajstić information content (AvgIpc) is 2.21. The monoisotopic (exact) mass is 220 g/mol. The second-order valence-corrected chi connectivity index (χ2v) is 4.77. The van der Waals surface area contributed by atoms with E-state index in [1.165, 1.54) is 11.1 Å². The first-order valence-electron chi connectivity index (χ1n) is 6.06. The minimum Gasteiger partial charge on any atom is -0.313 e. The van der Waals surface area contributed by atoms with E-state index in [1.54, 1.807) is 0 Å². The third kappa shape index (κ3) is 4.77. The van der Waals surface area contributed by atoms with Gasteiger partial charge in [0.25, 0.3) is 0 Å². The second-order valence-electron chi connectivity index (χ2n) is 4.77. The first kappa shape index (κ1) is 13.2. The lowest BCUT2D eigenvalue weighted by Crippen LogP contribution is -2.32. The highest BCUT2D eigenvalue weighted by atomic mass is 15.1. The highest BCUT2D eigenvalue weighted by Gasteiger charge is 2.02. The van der Waals surface area contributed by atoms with E-state index in [4.69, 9.17) is 0 Å². The largest absolute Gasteiger partial charge is 0.313 e. The highest BCUT2D eigenvalue weighted by molar-refractivity contribution is 5.25. The molecule has 0 saturated heterocycles. The molecule has 2 heteroatoms. The number of hydrogen-bond acceptors (Lipinski definition) is 2. The van der Waals surface area contributed by atoms with Crippen LogP contribution in [0.2, 0.25) is 0 Å². The molecule has 1 aromatic carbocycles. The average molecular weight is 220 g/mol. The maximum Gasteiger partial charge on any atom is 0.0233 e. The fourth-order valence-electron chi connectivity index (χ4n) is 1.70. The number of nitrogens with one attached hydrogen (secondary N) is 1. The van der Waals surface area contributed by atoms with E-state index in [0.717, 1.165) is 19.6 Å². The third-order valence-corrected chi connectivity index (χ3v) is 2.75. The van der Waals surface area contributed by atoms with Crippen molar-refractivity contribution in [3.05, 3.63) is 35.4 Å². The molecule has 0 saturated carbocycles. The van der Waals surface area contributed by atoms with Gasteiger partial charge in [-0.3, -0.25) is 0 Å². The molecule has 0 spiro atoms. The summed E-state index contributed by atoms with van der Waals surface area (Å²) in [6, 6.07) is 9.17. The lowest BCUT2D eigenvalue weighted by atomic mass is 10.1. The molecule has 1 N–H and O–H groups in total. The summed E-state index contributed by atoms with van der Waals surface area (Å²) in [5.74, 6) is 0. The zero-order chi connectivity index (χ0) is 12.0. The standard InChI is InChI=1S/C14H24N2/c1-12(2)15-9-10-16(4)11-14-8-6-5-7-13(14)3/h5-8,12,15H,9-11H2,1-4H3. The summed E-state index contributed by atoms with van der Waals surface area (Å²) >= 11 is 0. The summed E-state index contributed by atoms with van der Waals surface area (Å²) in [6.45, 7) is 9.72. The van der Waals surface area contributed by atoms with Crippen molar-refractivity contribution in [1.29, 1.82) is 0 Å². The van der Waals surface area contributed by atoms with Crippen LogP contribution in [-0.2, 0) is 6.54 Å². The van der Waals surface area contributed by atoms with Gasteiger partial charge in [-0.15, -0.1) is 0 Å². The predicted molar refractivity (Wildman–Crippen MR) is 70.7 cm³/mol. The van der Waals surface area contributed by atoms with Crippen molar-refractivity contribution in [3.8, 4) is 0 Å². The summed E-state index contributed by atoms with van der Waals surface area (Å²) in [7, 11) is 2.18. The van der Waals surface area contributed by atoms with Crippen molar-refractivity contribution in [2.24, 2.45) is 0 Å². The van der Waals surface area contributed by atoms with Crippen molar-refractivity contribution in [2.45, 2.75) is 33.4 Å². The van der Waals surface area contributed by atoms with Crippen LogP contribution in [0.1, 0.15) is 25.0 Å². The molecule has 0 radical (unpaired) electrons. The van der Waals surface area contributed by atoms with Crippen molar-refractivity contribution < 1.29 is 0 Å². The van der Waals surface area contributed by atoms with Gasteiger partial charge >= 0.3 is 0 Å². The van der Waals surface area contributed by atoms with E-state index in [0.29, 0.717) is 6.04 Å². The first-order chi connectivity index (χ1) is 7.59. The Labute approximate surface area is 99.7 Å². The van der Waals surface area contributed by atoms with Crippen LogP contribution >= 0.6 is 0 Å². The maximum absolute atomic E-state index is 3.44. The smallest absolute Gasteiger partial charge is 0.0233 e. The van der Waals surface area contributed by atoms with Crippen LogP contribution in [0.3, 0.4) is 0 Å². The van der Waals surface area contributed by atoms with Gasteiger partial charge in [-0.05, 0) is 25.1 Å². The van der Waals surface area contributed by atoms with E-state index >= 15 is 0 Å². The van der Waals surface area contributed by atoms with Crippen LogP contribution < -0.4 is 5.32 Å². The van der Waals surface area contributed by atoms with Gasteiger partial charge in [0.2, 0.25) is 0 Å². The van der Waals surface area contributed by atoms with Gasteiger partial charge in [0, 0.05) is 25.7 Å². The number of benzene rings is 1. The number of likely N-dealkylation sites (N-methyl/N-ethyl adjacent to an activating group) is 1. The van der Waals surface area contributed by atoms with Gasteiger partial charge in [0.05, 0.1) is 0 Å². The Morgan fingerprint density at radius 2 is 1.94 bits per heavy atom. The minimum absolute atomic E-state index is 0.576. The van der Waals surface area contributed by atoms with Gasteiger partial charge in [-0.25, -0.2) is 0 Å². The van der Waals surface area contributed by atoms with Gasteiger partial charge in [0.1, 0.15) is 0 Å². The number of rotatable bonds is 6. The van der Waals surface area contributed by atoms with Crippen molar-refractivity contribution in [3.63, 3.8) is 0 Å². The van der Waals surface area contributed by atoms with E-state index < -0.39 is 0 Å². The number of nitrogens with zero attached hydrogens (tertiary/aromatic N) is 1. The topological polar surface area (TPSA) is 15.3 Å². The minimum atomic E-state index is 0.576. The Kier molecular flexibility index (Phi) is 5.50. The molecule has 0 fully saturated rings. The van der Waals surface area contributed by atoms with Crippen LogP contribution in [0, 0.1) is 6.92 Å². The van der Waals surface area contributed by atoms with Gasteiger partial charge in [-0.1, -0.05) is 38.1 Å². The Hall–Kier alpha value is -0.860. The summed E-state index contributed by atoms with van der Waals surface area (Å²) in [4.78, 5) is 2.36. The van der Waals surface area contributed by atoms with E-state index in [1.807, 2.05) is 0 Å². The Bertz CT molecular complexity index is 307. The van der Waals surface area contributed by atoms with E-state index in [2.05, 4.69) is 62.3 Å². The molecular formula is C14H24N2. The highest BCUT2D eigenvalue weighted by Crippen LogP contribution is 2.08. The molecular weight excluding hydrogens is 196 g/mol. The summed E-state index contributed by atoms with van der Waals surface area (Å²) in [6.07, 6.45) is 0. The second kappa shape index (κ2) is 6.66. The summed E-state index contributed by atoms with van der Waals surface area (Å²) in [5.41, 5.74) is 2.81. The van der Waals surface area contributed by atoms with Crippen molar-refractivity contribution in [1.82, 2.24) is 10.2 Å². The quantitative estimate of drug-likeness (QED) is 0.792. The van der Waals surface area contributed by atoms with Crippen LogP contribution in [0.15, 0.2) is 24.3 Å². The molecule has 0 bridgehead atoms. The fourth-order valence-corrected chi connectivity index (χ4v) is 1.70. The van der Waals surface area contributed by atoms with Crippen molar-refractivity contribution >= 4 is 0 Å². The molecule has 1 rings (SSSR count). The lowest BCUT2D eigenvalue weighted by Gasteiger charge is -2.19. The van der Waals surface area contributed by atoms with Crippen LogP contribution in [0.5, 0.6) is 0 Å². The summed E-state index contributed by atoms with van der Waals surface area (Å²) in [5, 5.41) is 3.44. The maximum atomic E-state index is 3.44. The Morgan fingerprint density at radius 1 is 1.25 bits per heavy atom. The van der Waals surface area contributed by atoms with Gasteiger partial charge in [0.15, 0.2) is 0 Å². The molecule has 1 aromatic rings. The first-order valence-corrected chi connectivity index (χ1v) is 6.06. The molecule has 16 heavy (non-hydrogen) atoms. The van der Waals surface area contributed by atoms with Crippen molar-refractivity contribution in [2.75, 3.05) is 20.1 Å². The number of aryl methyl sites for hydroxylation is 1. The lowest BCUT2D eigenvalue weighted by molar-refractivity contribution is 0.319. The molecule has 0 amide bonds. The van der Waals surface area contributed by atoms with Crippen LogP contribution in [0.25, 0.3) is 0 Å². The predicted octanol–water partition coefficient (Wildman–Crippen LogP) is 2.42. The molecule has 90 valence electrons. The Morgan fingerprint density at radius 3 is 2.56 bits per heavy atom. The SMILES string of the molecule is Cc1ccccc1CN(C)CCNC(C)C. The molecule has 0 aliphatic carbocycles. The van der Waals surface area contributed by atoms with E-state index in [9.17, 15) is 0 Å². The zero-order valence-corrected chi connectivity index (χ0v) is 11.0. The molecule has 0 heterocycles. The molecule has 0 aromatic heterocycles. The molecule has 2 nitrogen and oxygen atoms in total. The molecule has 0 atom stereocenters. The summed E-state index contributed by atoms with van der Waals surface area (Å²) < 4.78 is 0. The number of hydrogen-bond donors (Lipinski definition) is 1. The fraction of sp³-hybridized carbons (Fsp3) is 0.571. The normalized spacial score (nSPS) is 11.4. The van der Waals surface area contributed by atoms with E-state index in [-0.39, 0.29) is 0 Å². The third-order valence-electron chi connectivity index (χ3n) is 2.75. The Balaban J connectivity index is 2.34. The molecule has 0 aliphatic rings. The van der Waals surface area contributed by atoms with Gasteiger partial charge < -0.3 is 10.2 Å². The van der Waals surface area contributed by atoms with Crippen LogP contribution in [-0.4, -0.2) is 31.1 Å². The van der Waals surface area contributed by atoms with Gasteiger partial charge in [-0.2, -0.15) is 0 Å². The zero-order valence-electron chi connectivity index (χ0n) is 11.0. The molecule has 0 aliphatic heterocycles. The van der Waals surface area contributed by atoms with Crippen LogP contribution in [0.4, 0.5) is 0 Å². The molecule has 0 unspecified atom stereocenters.